The van der Waals surface area contributed by atoms with Gasteiger partial charge in [-0.15, -0.1) is 11.3 Å². The van der Waals surface area contributed by atoms with Gasteiger partial charge in [0.05, 0.1) is 18.7 Å². The van der Waals surface area contributed by atoms with Gasteiger partial charge in [-0.1, -0.05) is 11.6 Å². The Labute approximate surface area is 147 Å². The van der Waals surface area contributed by atoms with Gasteiger partial charge in [-0.3, -0.25) is 4.79 Å². The number of nitrogens with one attached hydrogen (secondary N) is 1. The molecule has 8 heteroatoms. The molecule has 0 aliphatic heterocycles. The van der Waals surface area contributed by atoms with Gasteiger partial charge < -0.3 is 15.2 Å². The highest BCUT2D eigenvalue weighted by Gasteiger charge is 2.22. The van der Waals surface area contributed by atoms with Crippen LogP contribution in [-0.4, -0.2) is 28.6 Å². The Kier molecular flexibility index (Phi) is 5.01. The van der Waals surface area contributed by atoms with Crippen LogP contribution in [0.3, 0.4) is 0 Å². The van der Waals surface area contributed by atoms with E-state index in [0.29, 0.717) is 29.0 Å². The third-order valence-corrected chi connectivity index (χ3v) is 4.86. The van der Waals surface area contributed by atoms with Gasteiger partial charge in [0.15, 0.2) is 0 Å². The number of nitrogens with zero attached hydrogens (tertiary/aromatic N) is 1. The van der Waals surface area contributed by atoms with Crippen LogP contribution < -0.4 is 10.1 Å². The van der Waals surface area contributed by atoms with E-state index in [1.54, 1.807) is 6.07 Å². The van der Waals surface area contributed by atoms with Gasteiger partial charge in [-0.2, -0.15) is 0 Å². The van der Waals surface area contributed by atoms with Crippen molar-refractivity contribution in [3.05, 3.63) is 44.7 Å². The molecule has 0 atom stereocenters. The topological polar surface area (TPSA) is 88.5 Å². The summed E-state index contributed by atoms with van der Waals surface area (Å²) in [6.07, 6.45) is 3.76. The average Bonchev–Trinajstić information content (AvgIpc) is 3.26. The molecule has 0 bridgehead atoms. The third-order valence-electron chi connectivity index (χ3n) is 3.52. The molecule has 2 aromatic heterocycles. The summed E-state index contributed by atoms with van der Waals surface area (Å²) in [5.41, 5.74) is 0.328. The quantitative estimate of drug-likeness (QED) is 0.785. The summed E-state index contributed by atoms with van der Waals surface area (Å²) in [4.78, 5) is 28.0. The Morgan fingerprint density at radius 3 is 2.83 bits per heavy atom. The molecule has 0 radical (unpaired) electrons. The number of hydrogen-bond acceptors (Lipinski definition) is 5. The number of rotatable bonds is 7. The zero-order valence-corrected chi connectivity index (χ0v) is 14.2. The molecule has 2 heterocycles. The first-order valence-electron chi connectivity index (χ1n) is 7.41. The lowest BCUT2D eigenvalue weighted by atomic mass is 10.2. The van der Waals surface area contributed by atoms with E-state index in [0.717, 1.165) is 16.2 Å². The van der Waals surface area contributed by atoms with Crippen LogP contribution in [0.2, 0.25) is 5.02 Å². The summed E-state index contributed by atoms with van der Waals surface area (Å²) in [7, 11) is 0. The summed E-state index contributed by atoms with van der Waals surface area (Å²) in [6.45, 7) is 0.844. The van der Waals surface area contributed by atoms with Crippen molar-refractivity contribution in [2.75, 3.05) is 6.61 Å². The fourth-order valence-electron chi connectivity index (χ4n) is 1.99. The van der Waals surface area contributed by atoms with Gasteiger partial charge in [-0.05, 0) is 37.0 Å². The lowest BCUT2D eigenvalue weighted by molar-refractivity contribution is 0.0702. The second-order valence-electron chi connectivity index (χ2n) is 5.52. The number of carboxylic acids is 1. The lowest BCUT2D eigenvalue weighted by Crippen LogP contribution is -2.22. The number of pyridine rings is 1. The second kappa shape index (κ2) is 7.19. The molecule has 1 fully saturated rings. The van der Waals surface area contributed by atoms with E-state index in [-0.39, 0.29) is 17.3 Å². The van der Waals surface area contributed by atoms with E-state index in [1.165, 1.54) is 31.2 Å². The Morgan fingerprint density at radius 1 is 1.42 bits per heavy atom. The number of ether oxygens (including phenoxy) is 1. The van der Waals surface area contributed by atoms with Crippen LogP contribution in [0.1, 0.15) is 37.7 Å². The number of amides is 1. The number of carbonyl (C=O) groups is 2. The SMILES string of the molecule is O=C(NCc1ccc(C(=O)O)s1)c1cnc(OCC2CC2)c(Cl)c1. The van der Waals surface area contributed by atoms with Crippen molar-refractivity contribution < 1.29 is 19.4 Å². The van der Waals surface area contributed by atoms with Crippen molar-refractivity contribution in [3.63, 3.8) is 0 Å². The number of thiophene rings is 1. The van der Waals surface area contributed by atoms with Gasteiger partial charge in [0, 0.05) is 11.1 Å². The summed E-state index contributed by atoms with van der Waals surface area (Å²) in [5.74, 6) is -0.379. The minimum Gasteiger partial charge on any atom is -0.477 e. The molecule has 0 spiro atoms. The summed E-state index contributed by atoms with van der Waals surface area (Å²) >= 11 is 7.22. The maximum absolute atomic E-state index is 12.1. The maximum atomic E-state index is 12.1. The monoisotopic (exact) mass is 366 g/mol. The third kappa shape index (κ3) is 4.24. The Balaban J connectivity index is 1.57. The van der Waals surface area contributed by atoms with E-state index >= 15 is 0 Å². The Bertz CT molecular complexity index is 773. The van der Waals surface area contributed by atoms with Crippen molar-refractivity contribution >= 4 is 34.8 Å². The van der Waals surface area contributed by atoms with Crippen LogP contribution in [0.5, 0.6) is 5.88 Å². The standard InChI is InChI=1S/C16H15ClN2O4S/c17-12-5-10(6-19-15(12)23-8-9-1-2-9)14(20)18-7-11-3-4-13(24-11)16(21)22/h3-6,9H,1-2,7-8H2,(H,18,20)(H,21,22). The first kappa shape index (κ1) is 16.7. The van der Waals surface area contributed by atoms with Crippen LogP contribution in [0.4, 0.5) is 0 Å². The maximum Gasteiger partial charge on any atom is 0.345 e. The van der Waals surface area contributed by atoms with E-state index in [2.05, 4.69) is 10.3 Å². The van der Waals surface area contributed by atoms with Gasteiger partial charge >= 0.3 is 5.97 Å². The molecule has 1 amide bonds. The normalized spacial score (nSPS) is 13.5. The fraction of sp³-hybridized carbons (Fsp3) is 0.312. The minimum atomic E-state index is -0.977. The zero-order valence-electron chi connectivity index (χ0n) is 12.6. The predicted octanol–water partition coefficient (Wildman–Crippen LogP) is 3.21. The predicted molar refractivity (Wildman–Crippen MR) is 89.9 cm³/mol. The number of halogens is 1. The van der Waals surface area contributed by atoms with Crippen LogP contribution in [-0.2, 0) is 6.54 Å². The average molecular weight is 367 g/mol. The number of carbonyl (C=O) groups excluding carboxylic acids is 1. The molecule has 0 aromatic carbocycles. The van der Waals surface area contributed by atoms with E-state index in [4.69, 9.17) is 21.4 Å². The van der Waals surface area contributed by atoms with Crippen molar-refractivity contribution in [1.29, 1.82) is 0 Å². The minimum absolute atomic E-state index is 0.237. The van der Waals surface area contributed by atoms with Crippen molar-refractivity contribution in [3.8, 4) is 5.88 Å². The van der Waals surface area contributed by atoms with Gasteiger partial charge in [0.2, 0.25) is 5.88 Å². The molecular weight excluding hydrogens is 352 g/mol. The van der Waals surface area contributed by atoms with Crippen LogP contribution in [0.25, 0.3) is 0 Å². The number of hydrogen-bond donors (Lipinski definition) is 2. The second-order valence-corrected chi connectivity index (χ2v) is 7.09. The fourth-order valence-corrected chi connectivity index (χ4v) is 3.00. The van der Waals surface area contributed by atoms with Gasteiger partial charge in [0.25, 0.3) is 5.91 Å². The van der Waals surface area contributed by atoms with Crippen LogP contribution in [0, 0.1) is 5.92 Å². The molecule has 3 rings (SSSR count). The van der Waals surface area contributed by atoms with Crippen LogP contribution in [0.15, 0.2) is 24.4 Å². The molecule has 6 nitrogen and oxygen atoms in total. The molecule has 1 saturated carbocycles. The van der Waals surface area contributed by atoms with Gasteiger partial charge in [-0.25, -0.2) is 9.78 Å². The highest BCUT2D eigenvalue weighted by atomic mass is 35.5. The molecule has 126 valence electrons. The molecule has 0 saturated heterocycles. The first-order chi connectivity index (χ1) is 11.5. The smallest absolute Gasteiger partial charge is 0.345 e. The molecule has 24 heavy (non-hydrogen) atoms. The van der Waals surface area contributed by atoms with Crippen molar-refractivity contribution in [2.24, 2.45) is 5.92 Å². The van der Waals surface area contributed by atoms with E-state index in [9.17, 15) is 9.59 Å². The zero-order chi connectivity index (χ0) is 17.1. The number of carboxylic acid groups (broad SMARTS) is 1. The summed E-state index contributed by atoms with van der Waals surface area (Å²) in [6, 6.07) is 4.70. The van der Waals surface area contributed by atoms with E-state index in [1.807, 2.05) is 0 Å². The van der Waals surface area contributed by atoms with Crippen molar-refractivity contribution in [2.45, 2.75) is 19.4 Å². The molecule has 2 N–H and O–H groups in total. The molecular formula is C16H15ClN2O4S. The molecule has 0 unspecified atom stereocenters. The number of aromatic carboxylic acids is 1. The summed E-state index contributed by atoms with van der Waals surface area (Å²) in [5, 5.41) is 11.9. The number of aromatic nitrogens is 1. The van der Waals surface area contributed by atoms with Crippen LogP contribution >= 0.6 is 22.9 Å². The first-order valence-corrected chi connectivity index (χ1v) is 8.61. The highest BCUT2D eigenvalue weighted by molar-refractivity contribution is 7.13. The largest absolute Gasteiger partial charge is 0.477 e. The van der Waals surface area contributed by atoms with E-state index < -0.39 is 5.97 Å². The molecule has 2 aromatic rings. The Morgan fingerprint density at radius 2 is 2.21 bits per heavy atom. The Hall–Kier alpha value is -2.12. The van der Waals surface area contributed by atoms with Gasteiger partial charge in [0.1, 0.15) is 9.90 Å². The van der Waals surface area contributed by atoms with Crippen molar-refractivity contribution in [1.82, 2.24) is 10.3 Å². The molecule has 1 aliphatic carbocycles. The highest BCUT2D eigenvalue weighted by Crippen LogP contribution is 2.31. The molecule has 1 aliphatic rings. The summed E-state index contributed by atoms with van der Waals surface area (Å²) < 4.78 is 5.52. The lowest BCUT2D eigenvalue weighted by Gasteiger charge is -2.08.